The second kappa shape index (κ2) is 9.54. The summed E-state index contributed by atoms with van der Waals surface area (Å²) in [6, 6.07) is 13.8. The Labute approximate surface area is 185 Å². The van der Waals surface area contributed by atoms with E-state index in [1.807, 2.05) is 48.2 Å². The Morgan fingerprint density at radius 1 is 1.03 bits per heavy atom. The fourth-order valence-corrected chi connectivity index (χ4v) is 3.91. The fourth-order valence-electron chi connectivity index (χ4n) is 3.91. The van der Waals surface area contributed by atoms with Crippen LogP contribution in [0.1, 0.15) is 60.7 Å². The first kappa shape index (κ1) is 22.9. The Bertz CT molecular complexity index is 938. The van der Waals surface area contributed by atoms with E-state index in [0.29, 0.717) is 18.7 Å². The van der Waals surface area contributed by atoms with Crippen molar-refractivity contribution in [2.24, 2.45) is 0 Å². The van der Waals surface area contributed by atoms with Crippen molar-refractivity contribution in [1.29, 1.82) is 0 Å². The van der Waals surface area contributed by atoms with E-state index < -0.39 is 0 Å². The number of piperidine rings is 1. The third kappa shape index (κ3) is 6.09. The van der Waals surface area contributed by atoms with Gasteiger partial charge in [-0.2, -0.15) is 0 Å². The molecule has 0 unspecified atom stereocenters. The van der Waals surface area contributed by atoms with Gasteiger partial charge < -0.3 is 15.0 Å². The molecule has 1 N–H and O–H groups in total. The van der Waals surface area contributed by atoms with Crippen LogP contribution >= 0.6 is 0 Å². The number of rotatable bonds is 5. The highest BCUT2D eigenvalue weighted by atomic mass is 16.5. The van der Waals surface area contributed by atoms with Gasteiger partial charge in [0.2, 0.25) is 0 Å². The van der Waals surface area contributed by atoms with Crippen molar-refractivity contribution in [2.45, 2.75) is 58.9 Å². The molecule has 5 nitrogen and oxygen atoms in total. The predicted octanol–water partition coefficient (Wildman–Crippen LogP) is 4.40. The summed E-state index contributed by atoms with van der Waals surface area (Å²) < 4.78 is 5.93. The summed E-state index contributed by atoms with van der Waals surface area (Å²) in [6.45, 7) is 11.8. The molecule has 0 aliphatic carbocycles. The van der Waals surface area contributed by atoms with E-state index in [-0.39, 0.29) is 29.9 Å². The molecule has 3 rings (SSSR count). The summed E-state index contributed by atoms with van der Waals surface area (Å²) in [5.41, 5.74) is 3.98. The minimum atomic E-state index is -0.0573. The van der Waals surface area contributed by atoms with Crippen molar-refractivity contribution >= 4 is 11.8 Å². The first-order valence-electron chi connectivity index (χ1n) is 11.0. The Kier molecular flexibility index (Phi) is 7.04. The minimum Gasteiger partial charge on any atom is -0.483 e. The van der Waals surface area contributed by atoms with Gasteiger partial charge in [-0.25, -0.2) is 0 Å². The van der Waals surface area contributed by atoms with Crippen LogP contribution in [0.25, 0.3) is 0 Å². The normalized spacial score (nSPS) is 14.9. The number of hydrogen-bond acceptors (Lipinski definition) is 3. The molecule has 0 saturated carbocycles. The maximum absolute atomic E-state index is 12.7. The lowest BCUT2D eigenvalue weighted by molar-refractivity contribution is -0.134. The lowest BCUT2D eigenvalue weighted by Gasteiger charge is -2.32. The third-order valence-corrected chi connectivity index (χ3v) is 5.76. The van der Waals surface area contributed by atoms with Gasteiger partial charge in [0, 0.05) is 24.7 Å². The Morgan fingerprint density at radius 2 is 1.71 bits per heavy atom. The molecule has 0 spiro atoms. The highest BCUT2D eigenvalue weighted by Gasteiger charge is 2.25. The number of aryl methyl sites for hydroxylation is 2. The van der Waals surface area contributed by atoms with Crippen LogP contribution in [0.2, 0.25) is 0 Å². The Hall–Kier alpha value is -2.82. The topological polar surface area (TPSA) is 58.6 Å². The van der Waals surface area contributed by atoms with Crippen molar-refractivity contribution in [3.05, 3.63) is 64.7 Å². The van der Waals surface area contributed by atoms with Crippen LogP contribution < -0.4 is 10.1 Å². The zero-order valence-electron chi connectivity index (χ0n) is 19.3. The van der Waals surface area contributed by atoms with Crippen LogP contribution in [0.5, 0.6) is 5.75 Å². The van der Waals surface area contributed by atoms with Gasteiger partial charge in [-0.15, -0.1) is 0 Å². The molecule has 31 heavy (non-hydrogen) atoms. The molecule has 1 heterocycles. The largest absolute Gasteiger partial charge is 0.483 e. The quantitative estimate of drug-likeness (QED) is 0.777. The second-order valence-electron chi connectivity index (χ2n) is 9.54. The minimum absolute atomic E-state index is 0.0103. The second-order valence-corrected chi connectivity index (χ2v) is 9.54. The van der Waals surface area contributed by atoms with Crippen molar-refractivity contribution in [2.75, 3.05) is 19.7 Å². The molecule has 2 aromatic rings. The lowest BCUT2D eigenvalue weighted by atomic mass is 9.85. The number of carbonyl (C=O) groups excluding carboxylic acids is 2. The van der Waals surface area contributed by atoms with Gasteiger partial charge in [-0.05, 0) is 55.9 Å². The zero-order chi connectivity index (χ0) is 22.6. The Balaban J connectivity index is 1.50. The highest BCUT2D eigenvalue weighted by Crippen LogP contribution is 2.32. The molecule has 0 bridgehead atoms. The molecule has 5 heteroatoms. The van der Waals surface area contributed by atoms with E-state index in [1.54, 1.807) is 0 Å². The van der Waals surface area contributed by atoms with Gasteiger partial charge >= 0.3 is 0 Å². The molecule has 166 valence electrons. The summed E-state index contributed by atoms with van der Waals surface area (Å²) in [5.74, 6) is 0.710. The summed E-state index contributed by atoms with van der Waals surface area (Å²) in [7, 11) is 0. The monoisotopic (exact) mass is 422 g/mol. The van der Waals surface area contributed by atoms with Gasteiger partial charge in [0.1, 0.15) is 5.75 Å². The molecule has 1 fully saturated rings. The molecule has 0 radical (unpaired) electrons. The van der Waals surface area contributed by atoms with E-state index in [9.17, 15) is 9.59 Å². The Morgan fingerprint density at radius 3 is 2.35 bits per heavy atom. The number of nitrogens with zero attached hydrogens (tertiary/aromatic N) is 1. The molecule has 1 saturated heterocycles. The molecular formula is C26H34N2O3. The molecular weight excluding hydrogens is 388 g/mol. The van der Waals surface area contributed by atoms with Crippen molar-refractivity contribution < 1.29 is 14.3 Å². The van der Waals surface area contributed by atoms with Gasteiger partial charge in [0.15, 0.2) is 6.61 Å². The first-order chi connectivity index (χ1) is 14.6. The SMILES string of the molecule is Cc1cccc(C(=O)NC2CCN(C(=O)COc3ccc(C)cc3C(C)(C)C)CC2)c1. The van der Waals surface area contributed by atoms with Crippen LogP contribution in [0.15, 0.2) is 42.5 Å². The zero-order valence-corrected chi connectivity index (χ0v) is 19.3. The number of ether oxygens (including phenoxy) is 1. The molecule has 1 aliphatic heterocycles. The molecule has 0 atom stereocenters. The highest BCUT2D eigenvalue weighted by molar-refractivity contribution is 5.94. The standard InChI is InChI=1S/C26H34N2O3/c1-18-7-6-8-20(15-18)25(30)27-21-11-13-28(14-12-21)24(29)17-31-23-10-9-19(2)16-22(23)26(3,4)5/h6-10,15-16,21H,11-14,17H2,1-5H3,(H,27,30). The van der Waals surface area contributed by atoms with E-state index in [1.165, 1.54) is 5.56 Å². The van der Waals surface area contributed by atoms with Gasteiger partial charge in [-0.3, -0.25) is 9.59 Å². The van der Waals surface area contributed by atoms with Crippen LogP contribution in [-0.2, 0) is 10.2 Å². The summed E-state index contributed by atoms with van der Waals surface area (Å²) in [5, 5.41) is 3.10. The number of benzene rings is 2. The van der Waals surface area contributed by atoms with Gasteiger partial charge in [-0.1, -0.05) is 56.2 Å². The van der Waals surface area contributed by atoms with E-state index >= 15 is 0 Å². The van der Waals surface area contributed by atoms with E-state index in [0.717, 1.165) is 29.7 Å². The maximum atomic E-state index is 12.7. The molecule has 0 aromatic heterocycles. The lowest BCUT2D eigenvalue weighted by Crippen LogP contribution is -2.47. The number of carbonyl (C=O) groups is 2. The predicted molar refractivity (Wildman–Crippen MR) is 124 cm³/mol. The van der Waals surface area contributed by atoms with Crippen LogP contribution in [-0.4, -0.2) is 42.5 Å². The number of amides is 2. The smallest absolute Gasteiger partial charge is 0.260 e. The summed E-state index contributed by atoms with van der Waals surface area (Å²) in [4.78, 5) is 27.0. The van der Waals surface area contributed by atoms with E-state index in [4.69, 9.17) is 4.74 Å². The average molecular weight is 423 g/mol. The molecule has 1 aliphatic rings. The summed E-state index contributed by atoms with van der Waals surface area (Å²) >= 11 is 0. The number of likely N-dealkylation sites (tertiary alicyclic amines) is 1. The van der Waals surface area contributed by atoms with Crippen molar-refractivity contribution in [3.8, 4) is 5.75 Å². The summed E-state index contributed by atoms with van der Waals surface area (Å²) in [6.07, 6.45) is 1.50. The van der Waals surface area contributed by atoms with Gasteiger partial charge in [0.05, 0.1) is 0 Å². The fraction of sp³-hybridized carbons (Fsp3) is 0.462. The third-order valence-electron chi connectivity index (χ3n) is 5.76. The molecule has 2 amide bonds. The van der Waals surface area contributed by atoms with Gasteiger partial charge in [0.25, 0.3) is 11.8 Å². The van der Waals surface area contributed by atoms with Crippen LogP contribution in [0, 0.1) is 13.8 Å². The van der Waals surface area contributed by atoms with E-state index in [2.05, 4.69) is 39.1 Å². The van der Waals surface area contributed by atoms with Crippen LogP contribution in [0.4, 0.5) is 0 Å². The number of nitrogens with one attached hydrogen (secondary N) is 1. The van der Waals surface area contributed by atoms with Crippen LogP contribution in [0.3, 0.4) is 0 Å². The average Bonchev–Trinajstić information content (AvgIpc) is 2.72. The molecule has 2 aromatic carbocycles. The maximum Gasteiger partial charge on any atom is 0.260 e. The van der Waals surface area contributed by atoms with Crippen molar-refractivity contribution in [1.82, 2.24) is 10.2 Å². The number of hydrogen-bond donors (Lipinski definition) is 1. The van der Waals surface area contributed by atoms with Crippen molar-refractivity contribution in [3.63, 3.8) is 0 Å². The first-order valence-corrected chi connectivity index (χ1v) is 11.0.